The first kappa shape index (κ1) is 27.8. The molecule has 3 atom stereocenters. The van der Waals surface area contributed by atoms with Gasteiger partial charge in [0.25, 0.3) is 0 Å². The van der Waals surface area contributed by atoms with Crippen molar-refractivity contribution < 1.29 is 19.1 Å². The number of fused-ring (bicyclic) bond motifs is 2. The summed E-state index contributed by atoms with van der Waals surface area (Å²) in [7, 11) is 2.67. The molecule has 43 heavy (non-hydrogen) atoms. The summed E-state index contributed by atoms with van der Waals surface area (Å²) in [5, 5.41) is 6.46. The number of esters is 2. The number of hydrogen-bond acceptors (Lipinski definition) is 14. The van der Waals surface area contributed by atoms with E-state index in [4.69, 9.17) is 30.9 Å². The lowest BCUT2D eigenvalue weighted by molar-refractivity contribution is 0.0592. The summed E-state index contributed by atoms with van der Waals surface area (Å²) >= 11 is 0. The van der Waals surface area contributed by atoms with Crippen LogP contribution in [-0.2, 0) is 14.9 Å². The van der Waals surface area contributed by atoms with Crippen molar-refractivity contribution in [3.8, 4) is 0 Å². The molecule has 4 aromatic rings. The second-order valence-corrected chi connectivity index (χ2v) is 10.7. The van der Waals surface area contributed by atoms with Gasteiger partial charge < -0.3 is 31.6 Å². The van der Waals surface area contributed by atoms with Crippen molar-refractivity contribution in [3.63, 3.8) is 0 Å². The Morgan fingerprint density at radius 2 is 1.28 bits per heavy atom. The molecule has 6 rings (SSSR count). The Hall–Kier alpha value is -5.40. The number of benzene rings is 2. The standard InChI is InChI=1S/C29H30N10O4/c1-42-22(40)16-3-7-18(8-4-16)32-27-34-21(35-28(39-27)33-19-9-5-17(6-10-19)23(41)43-2)20-13-15-11-12-29(20,14-15)24-36-25(30)38-26(31)37-24/h3-10,15,20H,11-14H2,1-2H3,(H4,30,31,36,37,38)(H2,32,33,34,35,39). The Balaban J connectivity index is 1.37. The zero-order valence-corrected chi connectivity index (χ0v) is 23.6. The van der Waals surface area contributed by atoms with Crippen LogP contribution in [0.15, 0.2) is 48.5 Å². The quantitative estimate of drug-likeness (QED) is 0.219. The number of aromatic nitrogens is 6. The lowest BCUT2D eigenvalue weighted by Gasteiger charge is -2.33. The number of carbonyl (C=O) groups is 2. The number of methoxy groups -OCH3 is 2. The average Bonchev–Trinajstić information content (AvgIpc) is 3.61. The molecule has 2 aliphatic rings. The second kappa shape index (κ2) is 11.1. The Labute approximate surface area is 246 Å². The number of carbonyl (C=O) groups excluding carboxylic acids is 2. The van der Waals surface area contributed by atoms with Crippen LogP contribution < -0.4 is 22.1 Å². The van der Waals surface area contributed by atoms with Gasteiger partial charge in [0.05, 0.1) is 25.3 Å². The van der Waals surface area contributed by atoms with Crippen LogP contribution in [0.25, 0.3) is 0 Å². The van der Waals surface area contributed by atoms with E-state index >= 15 is 0 Å². The number of nitrogens with zero attached hydrogens (tertiary/aromatic N) is 6. The van der Waals surface area contributed by atoms with E-state index in [0.717, 1.165) is 25.7 Å². The van der Waals surface area contributed by atoms with Crippen molar-refractivity contribution in [2.45, 2.75) is 37.0 Å². The molecule has 14 nitrogen and oxygen atoms in total. The van der Waals surface area contributed by atoms with Crippen molar-refractivity contribution >= 4 is 47.1 Å². The SMILES string of the molecule is COC(=O)c1ccc(Nc2nc(Nc3ccc(C(=O)OC)cc3)nc(C3CC4CCC3(c3nc(N)nc(N)n3)C4)n2)cc1. The highest BCUT2D eigenvalue weighted by atomic mass is 16.5. The molecule has 2 aliphatic carbocycles. The Kier molecular flexibility index (Phi) is 7.17. The first-order valence-corrected chi connectivity index (χ1v) is 13.7. The van der Waals surface area contributed by atoms with Gasteiger partial charge in [0.2, 0.25) is 23.8 Å². The largest absolute Gasteiger partial charge is 0.465 e. The normalized spacial score (nSPS) is 20.4. The van der Waals surface area contributed by atoms with Crippen LogP contribution in [0.5, 0.6) is 0 Å². The summed E-state index contributed by atoms with van der Waals surface area (Å²) in [6.07, 6.45) is 3.58. The lowest BCUT2D eigenvalue weighted by Crippen LogP contribution is -2.33. The highest BCUT2D eigenvalue weighted by Crippen LogP contribution is 2.61. The highest BCUT2D eigenvalue weighted by molar-refractivity contribution is 5.90. The fraction of sp³-hybridized carbons (Fsp3) is 0.310. The van der Waals surface area contributed by atoms with Gasteiger partial charge in [-0.1, -0.05) is 0 Å². The van der Waals surface area contributed by atoms with Gasteiger partial charge in [0.1, 0.15) is 11.6 Å². The summed E-state index contributed by atoms with van der Waals surface area (Å²) in [6, 6.07) is 13.6. The summed E-state index contributed by atoms with van der Waals surface area (Å²) in [4.78, 5) is 51.0. The van der Waals surface area contributed by atoms with Crippen LogP contribution in [0.1, 0.15) is 64.0 Å². The minimum atomic E-state index is -0.448. The average molecular weight is 583 g/mol. The van der Waals surface area contributed by atoms with Gasteiger partial charge in [0, 0.05) is 22.7 Å². The number of nitrogens with one attached hydrogen (secondary N) is 2. The molecular formula is C29H30N10O4. The minimum Gasteiger partial charge on any atom is -0.465 e. The number of hydrogen-bond donors (Lipinski definition) is 4. The second-order valence-electron chi connectivity index (χ2n) is 10.7. The summed E-state index contributed by atoms with van der Waals surface area (Å²) in [5.74, 6) is 1.36. The van der Waals surface area contributed by atoms with Gasteiger partial charge in [-0.15, -0.1) is 0 Å². The predicted molar refractivity (Wildman–Crippen MR) is 157 cm³/mol. The van der Waals surface area contributed by atoms with Gasteiger partial charge in [-0.25, -0.2) is 9.59 Å². The molecule has 2 fully saturated rings. The first-order chi connectivity index (χ1) is 20.8. The van der Waals surface area contributed by atoms with E-state index in [-0.39, 0.29) is 17.8 Å². The number of anilines is 6. The van der Waals surface area contributed by atoms with E-state index < -0.39 is 17.4 Å². The molecule has 6 N–H and O–H groups in total. The number of nitrogen functional groups attached to an aromatic ring is 2. The molecule has 0 spiro atoms. The van der Waals surface area contributed by atoms with Gasteiger partial charge in [-0.05, 0) is 80.1 Å². The fourth-order valence-electron chi connectivity index (χ4n) is 6.13. The zero-order valence-electron chi connectivity index (χ0n) is 23.6. The van der Waals surface area contributed by atoms with Crippen molar-refractivity contribution in [1.29, 1.82) is 0 Å². The number of ether oxygens (including phenoxy) is 2. The van der Waals surface area contributed by atoms with Crippen molar-refractivity contribution in [1.82, 2.24) is 29.9 Å². The maximum atomic E-state index is 11.9. The maximum absolute atomic E-state index is 11.9. The Morgan fingerprint density at radius 1 is 0.767 bits per heavy atom. The molecule has 2 aromatic heterocycles. The lowest BCUT2D eigenvalue weighted by atomic mass is 9.73. The van der Waals surface area contributed by atoms with Crippen LogP contribution in [0, 0.1) is 5.92 Å². The third-order valence-corrected chi connectivity index (χ3v) is 8.09. The van der Waals surface area contributed by atoms with E-state index in [1.165, 1.54) is 14.2 Å². The van der Waals surface area contributed by atoms with Crippen LogP contribution in [0.2, 0.25) is 0 Å². The topological polar surface area (TPSA) is 206 Å². The van der Waals surface area contributed by atoms with Gasteiger partial charge in [0.15, 0.2) is 0 Å². The van der Waals surface area contributed by atoms with Gasteiger partial charge in [-0.2, -0.15) is 29.9 Å². The maximum Gasteiger partial charge on any atom is 0.337 e. The van der Waals surface area contributed by atoms with Crippen LogP contribution in [-0.4, -0.2) is 56.1 Å². The van der Waals surface area contributed by atoms with E-state index in [9.17, 15) is 9.59 Å². The molecule has 2 bridgehead atoms. The van der Waals surface area contributed by atoms with E-state index in [1.54, 1.807) is 48.5 Å². The predicted octanol–water partition coefficient (Wildman–Crippen LogP) is 3.51. The minimum absolute atomic E-state index is 0.0807. The van der Waals surface area contributed by atoms with E-state index in [0.29, 0.717) is 52.0 Å². The molecular weight excluding hydrogens is 552 g/mol. The molecule has 0 saturated heterocycles. The molecule has 14 heteroatoms. The highest BCUT2D eigenvalue weighted by Gasteiger charge is 2.56. The monoisotopic (exact) mass is 582 g/mol. The summed E-state index contributed by atoms with van der Waals surface area (Å²) in [5.41, 5.74) is 13.7. The molecule has 220 valence electrons. The van der Waals surface area contributed by atoms with Gasteiger partial charge in [-0.3, -0.25) is 0 Å². The molecule has 0 amide bonds. The van der Waals surface area contributed by atoms with E-state index in [2.05, 4.69) is 30.6 Å². The number of rotatable bonds is 8. The van der Waals surface area contributed by atoms with Crippen LogP contribution in [0.4, 0.5) is 35.2 Å². The third kappa shape index (κ3) is 5.46. The van der Waals surface area contributed by atoms with Crippen molar-refractivity contribution in [2.75, 3.05) is 36.3 Å². The Morgan fingerprint density at radius 3 is 1.74 bits per heavy atom. The van der Waals surface area contributed by atoms with Crippen molar-refractivity contribution in [2.24, 2.45) is 5.92 Å². The molecule has 2 heterocycles. The van der Waals surface area contributed by atoms with E-state index in [1.807, 2.05) is 0 Å². The fourth-order valence-corrected chi connectivity index (χ4v) is 6.13. The molecule has 2 saturated carbocycles. The van der Waals surface area contributed by atoms with Gasteiger partial charge >= 0.3 is 11.9 Å². The smallest absolute Gasteiger partial charge is 0.337 e. The zero-order chi connectivity index (χ0) is 30.1. The third-order valence-electron chi connectivity index (χ3n) is 8.09. The summed E-state index contributed by atoms with van der Waals surface area (Å²) in [6.45, 7) is 0. The first-order valence-electron chi connectivity index (χ1n) is 13.7. The Bertz CT molecular complexity index is 1580. The molecule has 0 radical (unpaired) electrons. The van der Waals surface area contributed by atoms with Crippen LogP contribution >= 0.6 is 0 Å². The van der Waals surface area contributed by atoms with Crippen LogP contribution in [0.3, 0.4) is 0 Å². The molecule has 0 aliphatic heterocycles. The summed E-state index contributed by atoms with van der Waals surface area (Å²) < 4.78 is 9.59. The number of nitrogens with two attached hydrogens (primary N) is 2. The van der Waals surface area contributed by atoms with Crippen molar-refractivity contribution in [3.05, 3.63) is 71.3 Å². The molecule has 2 aromatic carbocycles. The molecule has 3 unspecified atom stereocenters.